The third-order valence-electron chi connectivity index (χ3n) is 3.02. The predicted molar refractivity (Wildman–Crippen MR) is 95.9 cm³/mol. The molecule has 1 N–H and O–H groups in total. The van der Waals surface area contributed by atoms with Crippen LogP contribution in [0.15, 0.2) is 33.5 Å². The largest absolute Gasteiger partial charge is 0.299 e. The van der Waals surface area contributed by atoms with E-state index in [-0.39, 0.29) is 11.4 Å². The van der Waals surface area contributed by atoms with Gasteiger partial charge in [0, 0.05) is 7.05 Å². The van der Waals surface area contributed by atoms with E-state index in [2.05, 4.69) is 15.5 Å². The molecule has 0 bridgehead atoms. The third-order valence-corrected chi connectivity index (χ3v) is 6.69. The average Bonchev–Trinajstić information content (AvgIpc) is 2.95. The van der Waals surface area contributed by atoms with Crippen LogP contribution in [0.3, 0.4) is 0 Å². The van der Waals surface area contributed by atoms with Crippen LogP contribution < -0.4 is 5.32 Å². The standard InChI is InChI=1S/C14H18N4O3S3/c1-4-22-14-17-16-13(23-14)15-12(19)9-18(3)24(20,21)11-7-5-10(2)6-8-11/h5-8H,4,9H2,1-3H3,(H,15,16,19). The molecule has 0 aliphatic carbocycles. The number of hydrogen-bond donors (Lipinski definition) is 1. The Kier molecular flexibility index (Phi) is 6.33. The lowest BCUT2D eigenvalue weighted by Crippen LogP contribution is -2.34. The Morgan fingerprint density at radius 1 is 1.29 bits per heavy atom. The number of nitrogens with one attached hydrogen (secondary N) is 1. The second kappa shape index (κ2) is 8.06. The molecule has 0 spiro atoms. The first-order chi connectivity index (χ1) is 11.3. The minimum absolute atomic E-state index is 0.154. The fourth-order valence-corrected chi connectivity index (χ4v) is 4.57. The first kappa shape index (κ1) is 18.8. The van der Waals surface area contributed by atoms with E-state index in [0.717, 1.165) is 20.0 Å². The smallest absolute Gasteiger partial charge is 0.243 e. The summed E-state index contributed by atoms with van der Waals surface area (Å²) >= 11 is 2.79. The number of carbonyl (C=O) groups excluding carboxylic acids is 1. The Hall–Kier alpha value is -1.49. The van der Waals surface area contributed by atoms with Gasteiger partial charge in [0.25, 0.3) is 0 Å². The second-order valence-corrected chi connectivity index (χ2v) is 9.46. The van der Waals surface area contributed by atoms with Gasteiger partial charge in [0.2, 0.25) is 21.1 Å². The van der Waals surface area contributed by atoms with Gasteiger partial charge in [0.15, 0.2) is 4.34 Å². The van der Waals surface area contributed by atoms with Crippen molar-refractivity contribution in [1.82, 2.24) is 14.5 Å². The summed E-state index contributed by atoms with van der Waals surface area (Å²) < 4.78 is 26.6. The molecule has 24 heavy (non-hydrogen) atoms. The highest BCUT2D eigenvalue weighted by atomic mass is 32.2. The van der Waals surface area contributed by atoms with E-state index >= 15 is 0 Å². The minimum atomic E-state index is -3.71. The highest BCUT2D eigenvalue weighted by Gasteiger charge is 2.23. The number of hydrogen-bond acceptors (Lipinski definition) is 7. The van der Waals surface area contributed by atoms with Crippen molar-refractivity contribution in [3.05, 3.63) is 29.8 Å². The van der Waals surface area contributed by atoms with Crippen LogP contribution in [-0.2, 0) is 14.8 Å². The van der Waals surface area contributed by atoms with E-state index in [1.807, 2.05) is 13.8 Å². The van der Waals surface area contributed by atoms with Gasteiger partial charge in [-0.1, -0.05) is 47.7 Å². The summed E-state index contributed by atoms with van der Waals surface area (Å²) in [5, 5.41) is 10.7. The Labute approximate surface area is 149 Å². The number of carbonyl (C=O) groups is 1. The van der Waals surface area contributed by atoms with Crippen molar-refractivity contribution in [3.63, 3.8) is 0 Å². The molecule has 1 aromatic carbocycles. The summed E-state index contributed by atoms with van der Waals surface area (Å²) in [5.74, 6) is 0.400. The molecule has 0 atom stereocenters. The van der Waals surface area contributed by atoms with Crippen LogP contribution in [0.2, 0.25) is 0 Å². The minimum Gasteiger partial charge on any atom is -0.299 e. The summed E-state index contributed by atoms with van der Waals surface area (Å²) in [6.45, 7) is 3.57. The molecule has 0 aliphatic heterocycles. The van der Waals surface area contributed by atoms with Crippen LogP contribution in [0, 0.1) is 6.92 Å². The first-order valence-electron chi connectivity index (χ1n) is 7.12. The van der Waals surface area contributed by atoms with Crippen molar-refractivity contribution in [1.29, 1.82) is 0 Å². The van der Waals surface area contributed by atoms with Crippen LogP contribution in [0.25, 0.3) is 0 Å². The van der Waals surface area contributed by atoms with Gasteiger partial charge in [-0.2, -0.15) is 4.31 Å². The van der Waals surface area contributed by atoms with Gasteiger partial charge >= 0.3 is 0 Å². The number of sulfonamides is 1. The topological polar surface area (TPSA) is 92.3 Å². The molecule has 2 rings (SSSR count). The summed E-state index contributed by atoms with van der Waals surface area (Å²) in [4.78, 5) is 12.2. The molecule has 2 aromatic rings. The first-order valence-corrected chi connectivity index (χ1v) is 10.4. The summed E-state index contributed by atoms with van der Waals surface area (Å²) in [6, 6.07) is 6.49. The van der Waals surface area contributed by atoms with E-state index in [9.17, 15) is 13.2 Å². The highest BCUT2D eigenvalue weighted by Crippen LogP contribution is 2.25. The van der Waals surface area contributed by atoms with Crippen LogP contribution in [0.4, 0.5) is 5.13 Å². The number of amides is 1. The van der Waals surface area contributed by atoms with Crippen molar-refractivity contribution in [2.75, 3.05) is 24.7 Å². The van der Waals surface area contributed by atoms with Gasteiger partial charge in [-0.05, 0) is 24.8 Å². The van der Waals surface area contributed by atoms with E-state index in [1.165, 1.54) is 42.3 Å². The van der Waals surface area contributed by atoms with Crippen LogP contribution in [-0.4, -0.2) is 48.2 Å². The van der Waals surface area contributed by atoms with E-state index < -0.39 is 15.9 Å². The van der Waals surface area contributed by atoms with Crippen molar-refractivity contribution in [3.8, 4) is 0 Å². The quantitative estimate of drug-likeness (QED) is 0.579. The highest BCUT2D eigenvalue weighted by molar-refractivity contribution is 8.01. The van der Waals surface area contributed by atoms with Gasteiger partial charge in [-0.15, -0.1) is 10.2 Å². The molecule has 0 unspecified atom stereocenters. The molecule has 1 aromatic heterocycles. The number of nitrogens with zero attached hydrogens (tertiary/aromatic N) is 3. The molecular weight excluding hydrogens is 368 g/mol. The Balaban J connectivity index is 2.00. The lowest BCUT2D eigenvalue weighted by Gasteiger charge is -2.16. The van der Waals surface area contributed by atoms with E-state index in [4.69, 9.17) is 0 Å². The Bertz CT molecular complexity index is 803. The SMILES string of the molecule is CCSc1nnc(NC(=O)CN(C)S(=O)(=O)c2ccc(C)cc2)s1. The van der Waals surface area contributed by atoms with Gasteiger partial charge in [0.05, 0.1) is 11.4 Å². The van der Waals surface area contributed by atoms with Crippen LogP contribution >= 0.6 is 23.1 Å². The third kappa shape index (κ3) is 4.76. The molecule has 1 amide bonds. The Morgan fingerprint density at radius 2 is 1.96 bits per heavy atom. The van der Waals surface area contributed by atoms with Crippen molar-refractivity contribution < 1.29 is 13.2 Å². The Morgan fingerprint density at radius 3 is 2.58 bits per heavy atom. The molecule has 1 heterocycles. The van der Waals surface area contributed by atoms with E-state index in [1.54, 1.807) is 12.1 Å². The summed E-state index contributed by atoms with van der Waals surface area (Å²) in [7, 11) is -2.34. The van der Waals surface area contributed by atoms with E-state index in [0.29, 0.717) is 5.13 Å². The normalized spacial score (nSPS) is 11.7. The van der Waals surface area contributed by atoms with Gasteiger partial charge < -0.3 is 0 Å². The summed E-state index contributed by atoms with van der Waals surface area (Å²) in [6.07, 6.45) is 0. The number of likely N-dealkylation sites (N-methyl/N-ethyl adjacent to an activating group) is 1. The number of anilines is 1. The van der Waals surface area contributed by atoms with Crippen LogP contribution in [0.5, 0.6) is 0 Å². The fourth-order valence-electron chi connectivity index (χ4n) is 1.78. The number of aryl methyl sites for hydroxylation is 1. The van der Waals surface area contributed by atoms with Gasteiger partial charge in [-0.25, -0.2) is 8.42 Å². The number of thioether (sulfide) groups is 1. The van der Waals surface area contributed by atoms with Crippen molar-refractivity contribution in [2.45, 2.75) is 23.1 Å². The maximum atomic E-state index is 12.4. The van der Waals surface area contributed by atoms with Crippen molar-refractivity contribution >= 4 is 44.2 Å². The molecular formula is C14H18N4O3S3. The maximum Gasteiger partial charge on any atom is 0.243 e. The molecule has 0 saturated heterocycles. The zero-order chi connectivity index (χ0) is 17.7. The molecule has 0 saturated carbocycles. The monoisotopic (exact) mass is 386 g/mol. The molecule has 0 fully saturated rings. The van der Waals surface area contributed by atoms with Gasteiger partial charge in [0.1, 0.15) is 0 Å². The van der Waals surface area contributed by atoms with Crippen LogP contribution in [0.1, 0.15) is 12.5 Å². The molecule has 0 radical (unpaired) electrons. The molecule has 0 aliphatic rings. The number of benzene rings is 1. The maximum absolute atomic E-state index is 12.4. The lowest BCUT2D eigenvalue weighted by atomic mass is 10.2. The predicted octanol–water partition coefficient (Wildman–Crippen LogP) is 2.22. The second-order valence-electron chi connectivity index (χ2n) is 4.93. The summed E-state index contributed by atoms with van der Waals surface area (Å²) in [5.41, 5.74) is 0.964. The molecule has 7 nitrogen and oxygen atoms in total. The molecule has 10 heteroatoms. The number of rotatable bonds is 7. The zero-order valence-electron chi connectivity index (χ0n) is 13.5. The lowest BCUT2D eigenvalue weighted by molar-refractivity contribution is -0.116. The number of aromatic nitrogens is 2. The van der Waals surface area contributed by atoms with Gasteiger partial charge in [-0.3, -0.25) is 10.1 Å². The zero-order valence-corrected chi connectivity index (χ0v) is 16.0. The molecule has 130 valence electrons. The fraction of sp³-hybridized carbons (Fsp3) is 0.357. The average molecular weight is 387 g/mol. The van der Waals surface area contributed by atoms with Crippen molar-refractivity contribution in [2.24, 2.45) is 0 Å².